The van der Waals surface area contributed by atoms with Crippen LogP contribution >= 0.6 is 27.5 Å². The minimum atomic E-state index is -1.32. The predicted octanol–water partition coefficient (Wildman–Crippen LogP) is 3.07. The molecule has 1 aromatic rings. The van der Waals surface area contributed by atoms with E-state index in [0.29, 0.717) is 10.9 Å². The Balaban J connectivity index is 3.28. The van der Waals surface area contributed by atoms with Gasteiger partial charge in [-0.25, -0.2) is 9.18 Å². The molecule has 0 saturated carbocycles. The van der Waals surface area contributed by atoms with E-state index < -0.39 is 17.3 Å². The Bertz CT molecular complexity index is 354. The Morgan fingerprint density at radius 2 is 2.23 bits per heavy atom. The summed E-state index contributed by atoms with van der Waals surface area (Å²) in [7, 11) is 0. The fraction of sp³-hybridized carbons (Fsp3) is 0.125. The van der Waals surface area contributed by atoms with Crippen molar-refractivity contribution in [3.05, 3.63) is 34.1 Å². The van der Waals surface area contributed by atoms with Gasteiger partial charge in [0, 0.05) is 10.4 Å². The summed E-state index contributed by atoms with van der Waals surface area (Å²) < 4.78 is 13.0. The summed E-state index contributed by atoms with van der Waals surface area (Å²) in [5, 5.41) is 9.18. The minimum Gasteiger partial charge on any atom is -0.478 e. The summed E-state index contributed by atoms with van der Waals surface area (Å²) in [6.07, 6.45) is 0. The molecule has 5 heteroatoms. The summed E-state index contributed by atoms with van der Waals surface area (Å²) >= 11 is 8.79. The molecule has 0 atom stereocenters. The standard InChI is InChI=1S/C8H5BrClFO2/c9-3-4-1-7(11)5(8(12)13)2-6(4)10/h1-2H,3H2,(H,12,13). The van der Waals surface area contributed by atoms with Crippen LogP contribution in [0.1, 0.15) is 15.9 Å². The second kappa shape index (κ2) is 4.07. The molecule has 0 fully saturated rings. The van der Waals surface area contributed by atoms with Gasteiger partial charge in [-0.3, -0.25) is 0 Å². The molecular weight excluding hydrogens is 262 g/mol. The number of benzene rings is 1. The summed E-state index contributed by atoms with van der Waals surface area (Å²) in [4.78, 5) is 10.5. The van der Waals surface area contributed by atoms with E-state index >= 15 is 0 Å². The van der Waals surface area contributed by atoms with Gasteiger partial charge in [0.2, 0.25) is 0 Å². The molecule has 0 spiro atoms. The highest BCUT2D eigenvalue weighted by Gasteiger charge is 2.13. The third-order valence-electron chi connectivity index (χ3n) is 1.51. The van der Waals surface area contributed by atoms with Crippen LogP contribution < -0.4 is 0 Å². The van der Waals surface area contributed by atoms with Crippen molar-refractivity contribution in [3.8, 4) is 0 Å². The molecule has 0 bridgehead atoms. The molecule has 70 valence electrons. The number of halogens is 3. The first-order valence-electron chi connectivity index (χ1n) is 3.33. The molecule has 0 aliphatic rings. The molecule has 0 aliphatic heterocycles. The average Bonchev–Trinajstić information content (AvgIpc) is 2.07. The van der Waals surface area contributed by atoms with Crippen LogP contribution in [0.5, 0.6) is 0 Å². The van der Waals surface area contributed by atoms with Gasteiger partial charge < -0.3 is 5.11 Å². The third kappa shape index (κ3) is 2.19. The SMILES string of the molecule is O=C(O)c1cc(Cl)c(CBr)cc1F. The van der Waals surface area contributed by atoms with Crippen LogP contribution in [0.3, 0.4) is 0 Å². The van der Waals surface area contributed by atoms with E-state index in [4.69, 9.17) is 16.7 Å². The number of alkyl halides is 1. The smallest absolute Gasteiger partial charge is 0.338 e. The van der Waals surface area contributed by atoms with Crippen molar-refractivity contribution >= 4 is 33.5 Å². The number of carboxylic acids is 1. The lowest BCUT2D eigenvalue weighted by Gasteiger charge is -2.02. The third-order valence-corrected chi connectivity index (χ3v) is 2.47. The molecule has 0 aromatic heterocycles. The molecule has 0 aliphatic carbocycles. The molecular formula is C8H5BrClFO2. The lowest BCUT2D eigenvalue weighted by molar-refractivity contribution is 0.0692. The molecule has 1 aromatic carbocycles. The Labute approximate surface area is 87.5 Å². The van der Waals surface area contributed by atoms with E-state index in [1.165, 1.54) is 0 Å². The monoisotopic (exact) mass is 266 g/mol. The second-order valence-electron chi connectivity index (χ2n) is 2.36. The number of hydrogen-bond donors (Lipinski definition) is 1. The minimum absolute atomic E-state index is 0.246. The fourth-order valence-electron chi connectivity index (χ4n) is 0.854. The molecule has 0 saturated heterocycles. The first-order chi connectivity index (χ1) is 6.06. The van der Waals surface area contributed by atoms with Crippen molar-refractivity contribution in [2.75, 3.05) is 0 Å². The number of aromatic carboxylic acids is 1. The molecule has 1 N–H and O–H groups in total. The van der Waals surface area contributed by atoms with Gasteiger partial charge in [0.25, 0.3) is 0 Å². The average molecular weight is 267 g/mol. The van der Waals surface area contributed by atoms with E-state index in [2.05, 4.69) is 15.9 Å². The van der Waals surface area contributed by atoms with Gasteiger partial charge >= 0.3 is 5.97 Å². The number of hydrogen-bond acceptors (Lipinski definition) is 1. The second-order valence-corrected chi connectivity index (χ2v) is 3.33. The molecule has 0 amide bonds. The fourth-order valence-corrected chi connectivity index (χ4v) is 1.71. The van der Waals surface area contributed by atoms with Gasteiger partial charge in [-0.05, 0) is 17.7 Å². The van der Waals surface area contributed by atoms with Crippen LogP contribution in [0.2, 0.25) is 5.02 Å². The van der Waals surface area contributed by atoms with Crippen molar-refractivity contribution < 1.29 is 14.3 Å². The van der Waals surface area contributed by atoms with Crippen molar-refractivity contribution in [2.24, 2.45) is 0 Å². The van der Waals surface area contributed by atoms with Gasteiger partial charge in [0.05, 0.1) is 5.56 Å². The normalized spacial score (nSPS) is 10.1. The summed E-state index contributed by atoms with van der Waals surface area (Å²) in [6.45, 7) is 0. The number of carbonyl (C=O) groups is 1. The van der Waals surface area contributed by atoms with Gasteiger partial charge in [0.15, 0.2) is 0 Å². The Kier molecular flexibility index (Phi) is 3.27. The first-order valence-corrected chi connectivity index (χ1v) is 4.83. The van der Waals surface area contributed by atoms with E-state index in [0.717, 1.165) is 12.1 Å². The number of rotatable bonds is 2. The maximum absolute atomic E-state index is 13.0. The topological polar surface area (TPSA) is 37.3 Å². The van der Waals surface area contributed by atoms with Crippen LogP contribution in [-0.4, -0.2) is 11.1 Å². The van der Waals surface area contributed by atoms with Crippen molar-refractivity contribution in [3.63, 3.8) is 0 Å². The largest absolute Gasteiger partial charge is 0.478 e. The van der Waals surface area contributed by atoms with E-state index in [1.54, 1.807) is 0 Å². The maximum Gasteiger partial charge on any atom is 0.338 e. The van der Waals surface area contributed by atoms with E-state index in [1.807, 2.05) is 0 Å². The molecule has 13 heavy (non-hydrogen) atoms. The first kappa shape index (κ1) is 10.5. The number of carboxylic acid groups (broad SMARTS) is 1. The zero-order valence-corrected chi connectivity index (χ0v) is 8.69. The summed E-state index contributed by atoms with van der Waals surface area (Å²) in [5.41, 5.74) is 0.124. The highest BCUT2D eigenvalue weighted by atomic mass is 79.9. The maximum atomic E-state index is 13.0. The van der Waals surface area contributed by atoms with Crippen molar-refractivity contribution in [2.45, 2.75) is 5.33 Å². The quantitative estimate of drug-likeness (QED) is 0.836. The van der Waals surface area contributed by atoms with Gasteiger partial charge in [0.1, 0.15) is 5.82 Å². The van der Waals surface area contributed by atoms with Crippen LogP contribution in [-0.2, 0) is 5.33 Å². The zero-order valence-electron chi connectivity index (χ0n) is 6.35. The van der Waals surface area contributed by atoms with Crippen molar-refractivity contribution in [1.82, 2.24) is 0 Å². The Hall–Kier alpha value is -0.610. The van der Waals surface area contributed by atoms with Crippen molar-refractivity contribution in [1.29, 1.82) is 0 Å². The zero-order chi connectivity index (χ0) is 10.0. The highest BCUT2D eigenvalue weighted by molar-refractivity contribution is 9.08. The molecule has 0 heterocycles. The molecule has 0 unspecified atom stereocenters. The predicted molar refractivity (Wildman–Crippen MR) is 51.0 cm³/mol. The van der Waals surface area contributed by atoms with Crippen LogP contribution in [0.15, 0.2) is 12.1 Å². The van der Waals surface area contributed by atoms with E-state index in [-0.39, 0.29) is 5.02 Å². The highest BCUT2D eigenvalue weighted by Crippen LogP contribution is 2.22. The Morgan fingerprint density at radius 3 is 2.69 bits per heavy atom. The van der Waals surface area contributed by atoms with Crippen LogP contribution in [0, 0.1) is 5.82 Å². The van der Waals surface area contributed by atoms with Gasteiger partial charge in [-0.1, -0.05) is 27.5 Å². The van der Waals surface area contributed by atoms with Gasteiger partial charge in [-0.2, -0.15) is 0 Å². The summed E-state index contributed by atoms with van der Waals surface area (Å²) in [5.74, 6) is -2.09. The lowest BCUT2D eigenvalue weighted by atomic mass is 10.1. The van der Waals surface area contributed by atoms with Crippen LogP contribution in [0.4, 0.5) is 4.39 Å². The molecule has 2 nitrogen and oxygen atoms in total. The van der Waals surface area contributed by atoms with Crippen LogP contribution in [0.25, 0.3) is 0 Å². The summed E-state index contributed by atoms with van der Waals surface area (Å²) in [6, 6.07) is 2.22. The lowest BCUT2D eigenvalue weighted by Crippen LogP contribution is -2.01. The molecule has 0 radical (unpaired) electrons. The molecule has 1 rings (SSSR count). The van der Waals surface area contributed by atoms with E-state index in [9.17, 15) is 9.18 Å². The Morgan fingerprint density at radius 1 is 1.62 bits per heavy atom. The van der Waals surface area contributed by atoms with Gasteiger partial charge in [-0.15, -0.1) is 0 Å².